The van der Waals surface area contributed by atoms with Gasteiger partial charge in [0.1, 0.15) is 5.65 Å². The summed E-state index contributed by atoms with van der Waals surface area (Å²) in [5, 5.41) is 2.37. The minimum atomic E-state index is 0.975. The molecule has 2 aliphatic carbocycles. The molecule has 0 spiro atoms. The van der Waals surface area contributed by atoms with Gasteiger partial charge in [0.05, 0.1) is 11.0 Å². The first kappa shape index (κ1) is 15.8. The van der Waals surface area contributed by atoms with Crippen LogP contribution in [0.25, 0.3) is 49.7 Å². The number of rotatable bonds is 0. The normalized spacial score (nSPS) is 13.5. The molecule has 0 unspecified atom stereocenters. The predicted molar refractivity (Wildman–Crippen MR) is 124 cm³/mol. The van der Waals surface area contributed by atoms with E-state index in [0.29, 0.717) is 0 Å². The van der Waals surface area contributed by atoms with Crippen LogP contribution in [0.15, 0.2) is 79.3 Å². The lowest BCUT2D eigenvalue weighted by Crippen LogP contribution is -1.93. The molecule has 0 bridgehead atoms. The summed E-state index contributed by atoms with van der Waals surface area (Å²) in [6.45, 7) is 0. The Morgan fingerprint density at radius 2 is 1.48 bits per heavy atom. The van der Waals surface area contributed by atoms with Crippen LogP contribution in [0.5, 0.6) is 0 Å². The molecule has 2 aliphatic rings. The average Bonchev–Trinajstić information content (AvgIpc) is 3.52. The second-order valence-electron chi connectivity index (χ2n) is 8.69. The van der Waals surface area contributed by atoms with Crippen molar-refractivity contribution in [3.05, 3.63) is 102 Å². The van der Waals surface area contributed by atoms with Crippen molar-refractivity contribution in [2.75, 3.05) is 0 Å². The second kappa shape index (κ2) is 5.38. The van der Waals surface area contributed by atoms with E-state index in [2.05, 4.69) is 59.0 Å². The van der Waals surface area contributed by atoms with Gasteiger partial charge in [-0.25, -0.2) is 4.98 Å². The third-order valence-electron chi connectivity index (χ3n) is 7.12. The molecule has 6 aromatic rings. The van der Waals surface area contributed by atoms with Gasteiger partial charge in [-0.2, -0.15) is 0 Å². The van der Waals surface area contributed by atoms with E-state index in [0.717, 1.165) is 29.5 Å². The van der Waals surface area contributed by atoms with E-state index in [1.54, 1.807) is 0 Å². The number of pyridine rings is 2. The van der Waals surface area contributed by atoms with Crippen molar-refractivity contribution < 1.29 is 0 Å². The van der Waals surface area contributed by atoms with E-state index in [1.807, 2.05) is 24.7 Å². The quantitative estimate of drug-likeness (QED) is 0.287. The van der Waals surface area contributed by atoms with Crippen LogP contribution in [0, 0.1) is 0 Å². The lowest BCUT2D eigenvalue weighted by atomic mass is 9.93. The minimum Gasteiger partial charge on any atom is -0.298 e. The van der Waals surface area contributed by atoms with Gasteiger partial charge in [0, 0.05) is 29.4 Å². The summed E-state index contributed by atoms with van der Waals surface area (Å²) in [6, 6.07) is 22.4. The van der Waals surface area contributed by atoms with Crippen LogP contribution in [0.3, 0.4) is 0 Å². The van der Waals surface area contributed by atoms with Gasteiger partial charge in [-0.15, -0.1) is 0 Å². The zero-order valence-electron chi connectivity index (χ0n) is 16.8. The summed E-state index contributed by atoms with van der Waals surface area (Å²) in [4.78, 5) is 9.47. The summed E-state index contributed by atoms with van der Waals surface area (Å²) in [5.74, 6) is 0. The standard InChI is InChI=1S/C28H17N3/c1-2-5-20-16(4-1)12-17-7-8-18-13-19-14-23-22(15-21(19)26(18)25(17)20)27-24(6-3-9-29-27)31-11-10-30-28(23)31/h1-11,14-15H,12-13H2. The Balaban J connectivity index is 1.52. The van der Waals surface area contributed by atoms with Crippen molar-refractivity contribution in [1.29, 1.82) is 0 Å². The molecule has 8 rings (SSSR count). The van der Waals surface area contributed by atoms with Gasteiger partial charge >= 0.3 is 0 Å². The van der Waals surface area contributed by atoms with Gasteiger partial charge in [-0.05, 0) is 81.6 Å². The number of nitrogens with zero attached hydrogens (tertiary/aromatic N) is 3. The van der Waals surface area contributed by atoms with Gasteiger partial charge in [-0.3, -0.25) is 9.38 Å². The van der Waals surface area contributed by atoms with Crippen molar-refractivity contribution >= 4 is 27.5 Å². The van der Waals surface area contributed by atoms with Crippen LogP contribution in [0.2, 0.25) is 0 Å². The molecular formula is C28H17N3. The Labute approximate surface area is 178 Å². The molecule has 3 heterocycles. The zero-order valence-corrected chi connectivity index (χ0v) is 16.8. The first-order valence-electron chi connectivity index (χ1n) is 10.8. The predicted octanol–water partition coefficient (Wildman–Crippen LogP) is 6.18. The topological polar surface area (TPSA) is 30.2 Å². The first-order valence-corrected chi connectivity index (χ1v) is 10.8. The fraction of sp³-hybridized carbons (Fsp3) is 0.0714. The van der Waals surface area contributed by atoms with E-state index in [-0.39, 0.29) is 0 Å². The largest absolute Gasteiger partial charge is 0.298 e. The Kier molecular flexibility index (Phi) is 2.74. The van der Waals surface area contributed by atoms with Crippen LogP contribution < -0.4 is 0 Å². The second-order valence-corrected chi connectivity index (χ2v) is 8.69. The number of fused-ring (bicyclic) bond motifs is 13. The zero-order chi connectivity index (χ0) is 20.1. The van der Waals surface area contributed by atoms with Crippen LogP contribution in [0.1, 0.15) is 22.3 Å². The highest BCUT2D eigenvalue weighted by Crippen LogP contribution is 2.50. The molecule has 0 fully saturated rings. The molecule has 0 aliphatic heterocycles. The summed E-state index contributed by atoms with van der Waals surface area (Å²) in [7, 11) is 0. The maximum Gasteiger partial charge on any atom is 0.145 e. The fourth-order valence-corrected chi connectivity index (χ4v) is 5.83. The maximum absolute atomic E-state index is 4.78. The first-order chi connectivity index (χ1) is 15.4. The molecule has 3 heteroatoms. The maximum atomic E-state index is 4.78. The molecule has 3 aromatic heterocycles. The Hall–Kier alpha value is -3.98. The molecular weight excluding hydrogens is 378 g/mol. The lowest BCUT2D eigenvalue weighted by molar-refractivity contribution is 1.23. The summed E-state index contributed by atoms with van der Waals surface area (Å²) in [5.41, 5.74) is 14.5. The molecule has 0 saturated heterocycles. The number of hydrogen-bond donors (Lipinski definition) is 0. The number of hydrogen-bond acceptors (Lipinski definition) is 2. The lowest BCUT2D eigenvalue weighted by Gasteiger charge is -2.12. The van der Waals surface area contributed by atoms with Crippen molar-refractivity contribution in [2.24, 2.45) is 0 Å². The SMILES string of the molecule is c1ccc2c(c1)Cc1ccc3c(c1-2)-c1cc2c(cc1C3)c1nccn1c1cccnc21. The molecule has 3 aromatic carbocycles. The molecule has 0 N–H and O–H groups in total. The number of benzene rings is 3. The van der Waals surface area contributed by atoms with Gasteiger partial charge in [-0.1, -0.05) is 36.4 Å². The van der Waals surface area contributed by atoms with Crippen molar-refractivity contribution in [3.8, 4) is 22.3 Å². The van der Waals surface area contributed by atoms with E-state index >= 15 is 0 Å². The fourth-order valence-electron chi connectivity index (χ4n) is 5.83. The molecule has 31 heavy (non-hydrogen) atoms. The highest BCUT2D eigenvalue weighted by molar-refractivity contribution is 6.12. The van der Waals surface area contributed by atoms with Crippen molar-refractivity contribution in [2.45, 2.75) is 12.8 Å². The van der Waals surface area contributed by atoms with Gasteiger partial charge in [0.2, 0.25) is 0 Å². The molecule has 3 nitrogen and oxygen atoms in total. The Bertz CT molecular complexity index is 1740. The van der Waals surface area contributed by atoms with Crippen LogP contribution in [-0.4, -0.2) is 14.4 Å². The summed E-state index contributed by atoms with van der Waals surface area (Å²) in [6.07, 6.45) is 7.81. The molecule has 0 saturated carbocycles. The average molecular weight is 395 g/mol. The number of imidazole rings is 1. The van der Waals surface area contributed by atoms with Gasteiger partial charge in [0.25, 0.3) is 0 Å². The third-order valence-corrected chi connectivity index (χ3v) is 7.12. The highest BCUT2D eigenvalue weighted by Gasteiger charge is 2.29. The monoisotopic (exact) mass is 395 g/mol. The molecule has 0 radical (unpaired) electrons. The van der Waals surface area contributed by atoms with Crippen LogP contribution >= 0.6 is 0 Å². The third kappa shape index (κ3) is 1.89. The molecule has 0 atom stereocenters. The van der Waals surface area contributed by atoms with E-state index in [9.17, 15) is 0 Å². The van der Waals surface area contributed by atoms with Gasteiger partial charge in [0.15, 0.2) is 0 Å². The molecule has 144 valence electrons. The van der Waals surface area contributed by atoms with Gasteiger partial charge < -0.3 is 0 Å². The smallest absolute Gasteiger partial charge is 0.145 e. The summed E-state index contributed by atoms with van der Waals surface area (Å²) >= 11 is 0. The Morgan fingerprint density at radius 3 is 2.42 bits per heavy atom. The minimum absolute atomic E-state index is 0.975. The van der Waals surface area contributed by atoms with Crippen molar-refractivity contribution in [1.82, 2.24) is 14.4 Å². The van der Waals surface area contributed by atoms with E-state index < -0.39 is 0 Å². The van der Waals surface area contributed by atoms with Crippen LogP contribution in [-0.2, 0) is 12.8 Å². The Morgan fingerprint density at radius 1 is 0.645 bits per heavy atom. The highest BCUT2D eigenvalue weighted by atomic mass is 15.0. The molecule has 0 amide bonds. The van der Waals surface area contributed by atoms with Crippen LogP contribution in [0.4, 0.5) is 0 Å². The number of aromatic nitrogens is 3. The van der Waals surface area contributed by atoms with Crippen molar-refractivity contribution in [3.63, 3.8) is 0 Å². The summed E-state index contributed by atoms with van der Waals surface area (Å²) < 4.78 is 2.16. The van der Waals surface area contributed by atoms with E-state index in [4.69, 9.17) is 9.97 Å². The van der Waals surface area contributed by atoms with E-state index in [1.165, 1.54) is 55.3 Å².